The summed E-state index contributed by atoms with van der Waals surface area (Å²) in [6.07, 6.45) is 3.74. The zero-order valence-corrected chi connectivity index (χ0v) is 15.2. The second-order valence-electron chi connectivity index (χ2n) is 6.14. The van der Waals surface area contributed by atoms with E-state index in [1.807, 2.05) is 55.5 Å². The van der Waals surface area contributed by atoms with E-state index in [-0.39, 0.29) is 5.91 Å². The minimum absolute atomic E-state index is 0.377. The number of fused-ring (bicyclic) bond motifs is 1. The zero-order chi connectivity index (χ0) is 19.2. The van der Waals surface area contributed by atoms with Crippen LogP contribution in [0.2, 0.25) is 0 Å². The van der Waals surface area contributed by atoms with Gasteiger partial charge in [0.1, 0.15) is 0 Å². The number of anilines is 1. The van der Waals surface area contributed by atoms with E-state index in [1.165, 1.54) is 6.08 Å². The van der Waals surface area contributed by atoms with Gasteiger partial charge in [0.25, 0.3) is 5.91 Å². The van der Waals surface area contributed by atoms with Crippen molar-refractivity contribution >= 4 is 34.5 Å². The standard InChI is InChI=1S/C22H20N2O3/c1-15-7-3-4-11-19(15)24-22(26)16(2)27-20(25)13-12-18-9-5-8-17-10-6-14-23-21(17)18/h3-14,16H,1-2H3,(H,24,26)/b13-12+. The number of benzene rings is 2. The molecule has 0 aliphatic heterocycles. The topological polar surface area (TPSA) is 68.3 Å². The van der Waals surface area contributed by atoms with Gasteiger partial charge in [0.2, 0.25) is 0 Å². The van der Waals surface area contributed by atoms with Gasteiger partial charge >= 0.3 is 5.97 Å². The summed E-state index contributed by atoms with van der Waals surface area (Å²) in [5.41, 5.74) is 3.24. The molecule has 1 heterocycles. The average Bonchev–Trinajstić information content (AvgIpc) is 2.68. The van der Waals surface area contributed by atoms with Gasteiger partial charge in [-0.05, 0) is 37.6 Å². The van der Waals surface area contributed by atoms with Crippen LogP contribution in [0.5, 0.6) is 0 Å². The van der Waals surface area contributed by atoms with Gasteiger partial charge in [-0.2, -0.15) is 0 Å². The minimum atomic E-state index is -0.910. The van der Waals surface area contributed by atoms with Gasteiger partial charge in [0, 0.05) is 28.9 Å². The number of amides is 1. The maximum atomic E-state index is 12.2. The summed E-state index contributed by atoms with van der Waals surface area (Å²) in [5, 5.41) is 3.75. The number of aryl methyl sites for hydroxylation is 1. The quantitative estimate of drug-likeness (QED) is 0.549. The lowest BCUT2D eigenvalue weighted by Gasteiger charge is -2.13. The van der Waals surface area contributed by atoms with Gasteiger partial charge in [-0.1, -0.05) is 42.5 Å². The molecule has 0 fully saturated rings. The second-order valence-corrected chi connectivity index (χ2v) is 6.14. The van der Waals surface area contributed by atoms with Gasteiger partial charge < -0.3 is 10.1 Å². The van der Waals surface area contributed by atoms with E-state index in [9.17, 15) is 9.59 Å². The fourth-order valence-corrected chi connectivity index (χ4v) is 2.63. The molecule has 27 heavy (non-hydrogen) atoms. The average molecular weight is 360 g/mol. The lowest BCUT2D eigenvalue weighted by Crippen LogP contribution is -2.29. The van der Waals surface area contributed by atoms with Crippen molar-refractivity contribution in [2.24, 2.45) is 0 Å². The fourth-order valence-electron chi connectivity index (χ4n) is 2.63. The summed E-state index contributed by atoms with van der Waals surface area (Å²) in [5.74, 6) is -0.965. The molecule has 1 atom stereocenters. The molecule has 136 valence electrons. The third kappa shape index (κ3) is 4.58. The van der Waals surface area contributed by atoms with Crippen LogP contribution in [0.1, 0.15) is 18.1 Å². The molecule has 0 bridgehead atoms. The van der Waals surface area contributed by atoms with E-state index in [0.29, 0.717) is 5.69 Å². The summed E-state index contributed by atoms with van der Waals surface area (Å²) < 4.78 is 5.20. The van der Waals surface area contributed by atoms with Crippen LogP contribution >= 0.6 is 0 Å². The molecule has 1 amide bonds. The summed E-state index contributed by atoms with van der Waals surface area (Å²) in [4.78, 5) is 28.6. The lowest BCUT2D eigenvalue weighted by molar-refractivity contribution is -0.148. The fraction of sp³-hybridized carbons (Fsp3) is 0.136. The highest BCUT2D eigenvalue weighted by molar-refractivity contribution is 5.98. The van der Waals surface area contributed by atoms with Crippen LogP contribution < -0.4 is 5.32 Å². The number of para-hydroxylation sites is 2. The Hall–Kier alpha value is -3.47. The molecule has 0 aliphatic carbocycles. The van der Waals surface area contributed by atoms with Crippen LogP contribution in [-0.4, -0.2) is 23.0 Å². The largest absolute Gasteiger partial charge is 0.449 e. The zero-order valence-electron chi connectivity index (χ0n) is 15.2. The Morgan fingerprint density at radius 2 is 1.85 bits per heavy atom. The van der Waals surface area contributed by atoms with Crippen molar-refractivity contribution in [1.82, 2.24) is 4.98 Å². The summed E-state index contributed by atoms with van der Waals surface area (Å²) in [7, 11) is 0. The number of esters is 1. The van der Waals surface area contributed by atoms with E-state index < -0.39 is 12.1 Å². The molecule has 5 nitrogen and oxygen atoms in total. The molecule has 0 aliphatic rings. The maximum absolute atomic E-state index is 12.2. The van der Waals surface area contributed by atoms with Crippen LogP contribution in [0.25, 0.3) is 17.0 Å². The Balaban J connectivity index is 1.63. The number of nitrogens with one attached hydrogen (secondary N) is 1. The number of ether oxygens (including phenoxy) is 1. The maximum Gasteiger partial charge on any atom is 0.331 e. The highest BCUT2D eigenvalue weighted by Gasteiger charge is 2.17. The monoisotopic (exact) mass is 360 g/mol. The van der Waals surface area contributed by atoms with Crippen molar-refractivity contribution in [1.29, 1.82) is 0 Å². The highest BCUT2D eigenvalue weighted by atomic mass is 16.5. The Bertz CT molecular complexity index is 1010. The van der Waals surface area contributed by atoms with Gasteiger partial charge in [-0.15, -0.1) is 0 Å². The van der Waals surface area contributed by atoms with Crippen LogP contribution in [0.15, 0.2) is 66.9 Å². The minimum Gasteiger partial charge on any atom is -0.449 e. The van der Waals surface area contributed by atoms with Crippen LogP contribution in [0.3, 0.4) is 0 Å². The van der Waals surface area contributed by atoms with Crippen molar-refractivity contribution in [2.45, 2.75) is 20.0 Å². The smallest absolute Gasteiger partial charge is 0.331 e. The predicted octanol–water partition coefficient (Wildman–Crippen LogP) is 4.13. The molecular formula is C22H20N2O3. The Morgan fingerprint density at radius 3 is 2.67 bits per heavy atom. The third-order valence-corrected chi connectivity index (χ3v) is 4.13. The molecule has 0 saturated carbocycles. The van der Waals surface area contributed by atoms with Gasteiger partial charge in [-0.3, -0.25) is 9.78 Å². The van der Waals surface area contributed by atoms with E-state index in [1.54, 1.807) is 25.3 Å². The van der Waals surface area contributed by atoms with Crippen LogP contribution in [-0.2, 0) is 14.3 Å². The first-order chi connectivity index (χ1) is 13.0. The number of hydrogen-bond donors (Lipinski definition) is 1. The number of aromatic nitrogens is 1. The molecule has 2 aromatic carbocycles. The molecular weight excluding hydrogens is 340 g/mol. The number of carbonyl (C=O) groups is 2. The van der Waals surface area contributed by atoms with E-state index in [4.69, 9.17) is 4.74 Å². The molecule has 3 rings (SSSR count). The molecule has 1 aromatic heterocycles. The Morgan fingerprint density at radius 1 is 1.07 bits per heavy atom. The number of pyridine rings is 1. The van der Waals surface area contributed by atoms with E-state index >= 15 is 0 Å². The SMILES string of the molecule is Cc1ccccc1NC(=O)C(C)OC(=O)/C=C/c1cccc2cccnc12. The first kappa shape index (κ1) is 18.3. The molecule has 1 N–H and O–H groups in total. The van der Waals surface area contributed by atoms with E-state index in [2.05, 4.69) is 10.3 Å². The number of rotatable bonds is 5. The van der Waals surface area contributed by atoms with Crippen LogP contribution in [0, 0.1) is 6.92 Å². The Labute approximate surface area is 157 Å². The number of carbonyl (C=O) groups excluding carboxylic acids is 2. The van der Waals surface area contributed by atoms with Gasteiger partial charge in [0.15, 0.2) is 6.10 Å². The summed E-state index contributed by atoms with van der Waals surface area (Å²) >= 11 is 0. The summed E-state index contributed by atoms with van der Waals surface area (Å²) in [6.45, 7) is 3.44. The summed E-state index contributed by atoms with van der Waals surface area (Å²) in [6, 6.07) is 17.0. The first-order valence-electron chi connectivity index (χ1n) is 8.63. The van der Waals surface area contributed by atoms with Crippen molar-refractivity contribution < 1.29 is 14.3 Å². The molecule has 0 saturated heterocycles. The normalized spacial score (nSPS) is 12.1. The number of hydrogen-bond acceptors (Lipinski definition) is 4. The molecule has 5 heteroatoms. The molecule has 0 radical (unpaired) electrons. The van der Waals surface area contributed by atoms with E-state index in [0.717, 1.165) is 22.0 Å². The van der Waals surface area contributed by atoms with Crippen molar-refractivity contribution in [3.8, 4) is 0 Å². The molecule has 3 aromatic rings. The predicted molar refractivity (Wildman–Crippen MR) is 106 cm³/mol. The first-order valence-corrected chi connectivity index (χ1v) is 8.63. The van der Waals surface area contributed by atoms with Crippen LogP contribution in [0.4, 0.5) is 5.69 Å². The highest BCUT2D eigenvalue weighted by Crippen LogP contribution is 2.17. The van der Waals surface area contributed by atoms with Crippen molar-refractivity contribution in [2.75, 3.05) is 5.32 Å². The van der Waals surface area contributed by atoms with Crippen molar-refractivity contribution in [3.05, 3.63) is 78.0 Å². The molecule has 0 spiro atoms. The van der Waals surface area contributed by atoms with Gasteiger partial charge in [-0.25, -0.2) is 4.79 Å². The van der Waals surface area contributed by atoms with Crippen molar-refractivity contribution in [3.63, 3.8) is 0 Å². The third-order valence-electron chi connectivity index (χ3n) is 4.13. The molecule has 1 unspecified atom stereocenters. The Kier molecular flexibility index (Phi) is 5.61. The second kappa shape index (κ2) is 8.27. The van der Waals surface area contributed by atoms with Gasteiger partial charge in [0.05, 0.1) is 5.52 Å². The lowest BCUT2D eigenvalue weighted by atomic mass is 10.1. The number of nitrogens with zero attached hydrogens (tertiary/aromatic N) is 1.